The zero-order valence-electron chi connectivity index (χ0n) is 13.6. The molecule has 3 rings (SSSR count). The van der Waals surface area contributed by atoms with E-state index < -0.39 is 6.10 Å². The van der Waals surface area contributed by atoms with Crippen LogP contribution in [0.1, 0.15) is 35.3 Å². The Kier molecular flexibility index (Phi) is 5.76. The van der Waals surface area contributed by atoms with Gasteiger partial charge in [0.05, 0.1) is 16.6 Å². The van der Waals surface area contributed by atoms with Crippen molar-refractivity contribution in [1.29, 1.82) is 0 Å². The van der Waals surface area contributed by atoms with Crippen molar-refractivity contribution in [3.63, 3.8) is 0 Å². The Morgan fingerprint density at radius 2 is 2.33 bits per heavy atom. The topological polar surface area (TPSA) is 74.5 Å². The number of aliphatic hydroxyl groups is 1. The lowest BCUT2D eigenvalue weighted by Crippen LogP contribution is -2.39. The van der Waals surface area contributed by atoms with E-state index in [4.69, 9.17) is 11.6 Å². The number of hydrogen-bond acceptors (Lipinski definition) is 4. The van der Waals surface area contributed by atoms with E-state index in [0.29, 0.717) is 23.4 Å². The van der Waals surface area contributed by atoms with Crippen LogP contribution in [0, 0.1) is 0 Å². The maximum absolute atomic E-state index is 10.2. The lowest BCUT2D eigenvalue weighted by atomic mass is 10.2. The monoisotopic (exact) mass is 367 g/mol. The summed E-state index contributed by atoms with van der Waals surface area (Å²) < 4.78 is 2.91. The summed E-state index contributed by atoms with van der Waals surface area (Å²) in [5.74, 6) is 1.81. The molecule has 1 atom stereocenters. The van der Waals surface area contributed by atoms with Gasteiger partial charge < -0.3 is 20.3 Å². The minimum atomic E-state index is -0.610. The molecule has 6 nitrogen and oxygen atoms in total. The Bertz CT molecular complexity index is 688. The first-order valence-electron chi connectivity index (χ1n) is 8.08. The van der Waals surface area contributed by atoms with Gasteiger partial charge in [-0.05, 0) is 25.0 Å². The van der Waals surface area contributed by atoms with E-state index in [0.717, 1.165) is 23.5 Å². The molecule has 24 heavy (non-hydrogen) atoms. The first-order chi connectivity index (χ1) is 11.7. The molecule has 1 unspecified atom stereocenters. The number of aryl methyl sites for hydroxylation is 2. The van der Waals surface area contributed by atoms with Gasteiger partial charge >= 0.3 is 0 Å². The van der Waals surface area contributed by atoms with E-state index in [2.05, 4.69) is 31.4 Å². The summed E-state index contributed by atoms with van der Waals surface area (Å²) in [4.78, 5) is 9.68. The highest BCUT2D eigenvalue weighted by atomic mass is 35.5. The van der Waals surface area contributed by atoms with Crippen LogP contribution in [0.3, 0.4) is 0 Å². The molecule has 2 aromatic heterocycles. The van der Waals surface area contributed by atoms with Gasteiger partial charge in [0.1, 0.15) is 11.9 Å². The zero-order chi connectivity index (χ0) is 16.9. The van der Waals surface area contributed by atoms with Crippen LogP contribution in [0.2, 0.25) is 4.34 Å². The minimum Gasteiger partial charge on any atom is -0.386 e. The highest BCUT2D eigenvalue weighted by Crippen LogP contribution is 2.26. The second-order valence-corrected chi connectivity index (χ2v) is 7.51. The minimum absolute atomic E-state index is 0.371. The molecular formula is C16H22ClN5OS. The molecule has 0 aromatic carbocycles. The number of imidazole rings is 1. The third kappa shape index (κ3) is 4.28. The Hall–Kier alpha value is -1.57. The third-order valence-electron chi connectivity index (χ3n) is 4.00. The van der Waals surface area contributed by atoms with E-state index >= 15 is 0 Å². The van der Waals surface area contributed by atoms with E-state index in [1.165, 1.54) is 30.0 Å². The van der Waals surface area contributed by atoms with Crippen LogP contribution in [-0.4, -0.2) is 34.2 Å². The number of guanidine groups is 1. The molecule has 1 aliphatic heterocycles. The summed E-state index contributed by atoms with van der Waals surface area (Å²) in [6.07, 6.45) is 5.00. The maximum Gasteiger partial charge on any atom is 0.191 e. The van der Waals surface area contributed by atoms with Gasteiger partial charge in [-0.15, -0.1) is 11.3 Å². The standard InChI is InChI=1S/C16H22ClN5OS/c1-18-16(20-9-12(23)13-5-6-14(17)24-13)19-8-11-10-22-7-3-2-4-15(22)21-11/h5-6,10,12,23H,2-4,7-9H2,1H3,(H2,18,19,20). The summed E-state index contributed by atoms with van der Waals surface area (Å²) in [6.45, 7) is 2.04. The van der Waals surface area contributed by atoms with Crippen LogP contribution in [0.15, 0.2) is 23.3 Å². The van der Waals surface area contributed by atoms with Crippen LogP contribution >= 0.6 is 22.9 Å². The molecule has 0 radical (unpaired) electrons. The Morgan fingerprint density at radius 1 is 1.46 bits per heavy atom. The fraction of sp³-hybridized carbons (Fsp3) is 0.500. The van der Waals surface area contributed by atoms with E-state index in [1.54, 1.807) is 13.1 Å². The van der Waals surface area contributed by atoms with Crippen LogP contribution in [-0.2, 0) is 19.5 Å². The molecule has 8 heteroatoms. The predicted molar refractivity (Wildman–Crippen MR) is 97.7 cm³/mol. The molecular weight excluding hydrogens is 346 g/mol. The summed E-state index contributed by atoms with van der Waals surface area (Å²) in [7, 11) is 1.71. The molecule has 0 fully saturated rings. The molecule has 1 aliphatic rings. The average Bonchev–Trinajstić information content (AvgIpc) is 3.20. The maximum atomic E-state index is 10.2. The molecule has 0 saturated carbocycles. The van der Waals surface area contributed by atoms with Gasteiger partial charge in [0.2, 0.25) is 0 Å². The first-order valence-corrected chi connectivity index (χ1v) is 9.28. The lowest BCUT2D eigenvalue weighted by molar-refractivity contribution is 0.184. The number of aliphatic imine (C=N–C) groups is 1. The van der Waals surface area contributed by atoms with E-state index in [-0.39, 0.29) is 0 Å². The second kappa shape index (κ2) is 8.00. The number of halogens is 1. The van der Waals surface area contributed by atoms with Crippen LogP contribution in [0.5, 0.6) is 0 Å². The predicted octanol–water partition coefficient (Wildman–Crippen LogP) is 2.33. The van der Waals surface area contributed by atoms with Gasteiger partial charge in [-0.25, -0.2) is 4.98 Å². The highest BCUT2D eigenvalue weighted by Gasteiger charge is 2.13. The highest BCUT2D eigenvalue weighted by molar-refractivity contribution is 7.16. The number of rotatable bonds is 5. The molecule has 3 N–H and O–H groups in total. The number of thiophene rings is 1. The SMILES string of the molecule is CN=C(NCc1cn2c(n1)CCCC2)NCC(O)c1ccc(Cl)s1. The summed E-state index contributed by atoms with van der Waals surface area (Å²) in [6, 6.07) is 3.63. The average molecular weight is 368 g/mol. The van der Waals surface area contributed by atoms with Crippen LogP contribution in [0.4, 0.5) is 0 Å². The molecule has 0 spiro atoms. The van der Waals surface area contributed by atoms with Crippen molar-refractivity contribution in [2.24, 2.45) is 4.99 Å². The summed E-state index contributed by atoms with van der Waals surface area (Å²) in [5, 5.41) is 16.5. The Morgan fingerprint density at radius 3 is 3.04 bits per heavy atom. The second-order valence-electron chi connectivity index (χ2n) is 5.76. The molecule has 3 heterocycles. The number of aromatic nitrogens is 2. The third-order valence-corrected chi connectivity index (χ3v) is 5.34. The summed E-state index contributed by atoms with van der Waals surface area (Å²) >= 11 is 7.28. The molecule has 0 aliphatic carbocycles. The fourth-order valence-corrected chi connectivity index (χ4v) is 3.80. The van der Waals surface area contributed by atoms with Gasteiger partial charge in [-0.1, -0.05) is 11.6 Å². The van der Waals surface area contributed by atoms with E-state index in [9.17, 15) is 5.11 Å². The Labute approximate surface area is 150 Å². The number of hydrogen-bond donors (Lipinski definition) is 3. The summed E-state index contributed by atoms with van der Waals surface area (Å²) in [5.41, 5.74) is 1.01. The number of nitrogens with zero attached hydrogens (tertiary/aromatic N) is 3. The van der Waals surface area contributed by atoms with Gasteiger partial charge in [-0.3, -0.25) is 4.99 Å². The molecule has 0 bridgehead atoms. The van der Waals surface area contributed by atoms with Gasteiger partial charge in [0.15, 0.2) is 5.96 Å². The molecule has 0 amide bonds. The van der Waals surface area contributed by atoms with Crippen molar-refractivity contribution in [2.75, 3.05) is 13.6 Å². The Balaban J connectivity index is 1.49. The first kappa shape index (κ1) is 17.3. The normalized spacial score (nSPS) is 15.9. The van der Waals surface area contributed by atoms with Gasteiger partial charge in [0.25, 0.3) is 0 Å². The van der Waals surface area contributed by atoms with Crippen molar-refractivity contribution in [3.8, 4) is 0 Å². The van der Waals surface area contributed by atoms with Crippen molar-refractivity contribution < 1.29 is 5.11 Å². The van der Waals surface area contributed by atoms with Crippen molar-refractivity contribution >= 4 is 28.9 Å². The molecule has 0 saturated heterocycles. The van der Waals surface area contributed by atoms with Crippen molar-refractivity contribution in [3.05, 3.63) is 39.1 Å². The van der Waals surface area contributed by atoms with Gasteiger partial charge in [0, 0.05) is 37.6 Å². The van der Waals surface area contributed by atoms with Crippen molar-refractivity contribution in [2.45, 2.75) is 38.5 Å². The van der Waals surface area contributed by atoms with E-state index in [1.807, 2.05) is 6.07 Å². The van der Waals surface area contributed by atoms with Crippen LogP contribution < -0.4 is 10.6 Å². The number of aliphatic hydroxyl groups excluding tert-OH is 1. The smallest absolute Gasteiger partial charge is 0.191 e. The number of fused-ring (bicyclic) bond motifs is 1. The quantitative estimate of drug-likeness (QED) is 0.560. The fourth-order valence-electron chi connectivity index (χ4n) is 2.75. The molecule has 2 aromatic rings. The zero-order valence-corrected chi connectivity index (χ0v) is 15.2. The number of nitrogens with one attached hydrogen (secondary N) is 2. The lowest BCUT2D eigenvalue weighted by Gasteiger charge is -2.14. The largest absolute Gasteiger partial charge is 0.386 e. The van der Waals surface area contributed by atoms with Gasteiger partial charge in [-0.2, -0.15) is 0 Å². The molecule has 130 valence electrons. The van der Waals surface area contributed by atoms with Crippen molar-refractivity contribution in [1.82, 2.24) is 20.2 Å². The van der Waals surface area contributed by atoms with Crippen LogP contribution in [0.25, 0.3) is 0 Å².